The van der Waals surface area contributed by atoms with Crippen LogP contribution in [-0.2, 0) is 14.2 Å². The Morgan fingerprint density at radius 1 is 0.773 bits per heavy atom. The highest BCUT2D eigenvalue weighted by molar-refractivity contribution is 4.92. The Hall–Kier alpha value is -0.400. The van der Waals surface area contributed by atoms with Crippen molar-refractivity contribution in [3.8, 4) is 0 Å². The molecular formula is C12H22O10. The van der Waals surface area contributed by atoms with Crippen molar-refractivity contribution in [1.29, 1.82) is 0 Å². The van der Waals surface area contributed by atoms with Crippen molar-refractivity contribution in [2.75, 3.05) is 19.8 Å². The minimum absolute atomic E-state index is 0.182. The first-order valence-corrected chi connectivity index (χ1v) is 6.95. The van der Waals surface area contributed by atoms with Gasteiger partial charge in [0, 0.05) is 0 Å². The van der Waals surface area contributed by atoms with Gasteiger partial charge in [-0.05, 0) is 0 Å². The molecule has 0 radical (unpaired) electrons. The van der Waals surface area contributed by atoms with Gasteiger partial charge >= 0.3 is 0 Å². The fraction of sp³-hybridized carbons (Fsp3) is 1.00. The lowest BCUT2D eigenvalue weighted by molar-refractivity contribution is -0.331. The van der Waals surface area contributed by atoms with E-state index in [4.69, 9.17) is 24.4 Å². The Kier molecular flexibility index (Phi) is 6.07. The highest BCUT2D eigenvalue weighted by Gasteiger charge is 2.47. The maximum absolute atomic E-state index is 9.93. The van der Waals surface area contributed by atoms with E-state index in [1.165, 1.54) is 0 Å². The Morgan fingerprint density at radius 3 is 1.95 bits per heavy atom. The summed E-state index contributed by atoms with van der Waals surface area (Å²) in [4.78, 5) is 0. The summed E-state index contributed by atoms with van der Waals surface area (Å²) < 4.78 is 15.6. The number of rotatable bonds is 4. The second kappa shape index (κ2) is 7.45. The summed E-state index contributed by atoms with van der Waals surface area (Å²) in [6.45, 7) is -1.27. The molecule has 0 unspecified atom stereocenters. The van der Waals surface area contributed by atoms with E-state index >= 15 is 0 Å². The lowest BCUT2D eigenvalue weighted by Gasteiger charge is -2.43. The minimum Gasteiger partial charge on any atom is -0.394 e. The van der Waals surface area contributed by atoms with Gasteiger partial charge in [0.05, 0.1) is 19.8 Å². The molecule has 22 heavy (non-hydrogen) atoms. The lowest BCUT2D eigenvalue weighted by atomic mass is 9.98. The van der Waals surface area contributed by atoms with Crippen molar-refractivity contribution in [3.05, 3.63) is 0 Å². The molecule has 9 atom stereocenters. The fourth-order valence-electron chi connectivity index (χ4n) is 2.49. The van der Waals surface area contributed by atoms with Crippen LogP contribution in [0.2, 0.25) is 0 Å². The SMILES string of the molecule is OC[C@H]1O[C@@H](O[C@H]2CO[C@H](CO)[C@@H](O)[C@@H]2O)[C@H](O)[C@@H](O)[C@H]1O. The molecule has 2 aliphatic rings. The molecule has 0 aliphatic carbocycles. The van der Waals surface area contributed by atoms with Crippen LogP contribution in [0.25, 0.3) is 0 Å². The molecule has 0 aromatic heterocycles. The molecule has 0 saturated carbocycles. The standard InChI is InChI=1S/C12H22O10/c13-1-4-7(15)9(17)6(3-20-4)22-12-11(19)10(18)8(16)5(2-14)21-12/h4-19H,1-3H2/t4-,5-,6+,7-,8+,9-,10+,11-,12+/m1/s1. The number of hydrogen-bond donors (Lipinski definition) is 7. The largest absolute Gasteiger partial charge is 0.394 e. The second-order valence-electron chi connectivity index (χ2n) is 5.41. The van der Waals surface area contributed by atoms with Crippen molar-refractivity contribution >= 4 is 0 Å². The van der Waals surface area contributed by atoms with E-state index < -0.39 is 68.3 Å². The molecule has 130 valence electrons. The average Bonchev–Trinajstić information content (AvgIpc) is 2.52. The third-order valence-electron chi connectivity index (χ3n) is 3.92. The monoisotopic (exact) mass is 326 g/mol. The molecule has 0 spiro atoms. The minimum atomic E-state index is -1.61. The highest BCUT2D eigenvalue weighted by atomic mass is 16.7. The van der Waals surface area contributed by atoms with E-state index in [1.54, 1.807) is 0 Å². The van der Waals surface area contributed by atoms with Gasteiger partial charge in [-0.25, -0.2) is 0 Å². The summed E-state index contributed by atoms with van der Waals surface area (Å²) in [5.41, 5.74) is 0. The summed E-state index contributed by atoms with van der Waals surface area (Å²) in [6, 6.07) is 0. The van der Waals surface area contributed by atoms with Crippen LogP contribution >= 0.6 is 0 Å². The first-order valence-electron chi connectivity index (χ1n) is 6.95. The third kappa shape index (κ3) is 3.41. The summed E-state index contributed by atoms with van der Waals surface area (Å²) in [6.07, 6.45) is -12.1. The lowest BCUT2D eigenvalue weighted by Crippen LogP contribution is -2.62. The second-order valence-corrected chi connectivity index (χ2v) is 5.41. The molecule has 0 aromatic rings. The van der Waals surface area contributed by atoms with Crippen molar-refractivity contribution in [2.24, 2.45) is 0 Å². The number of ether oxygens (including phenoxy) is 3. The van der Waals surface area contributed by atoms with Gasteiger partial charge in [0.1, 0.15) is 48.8 Å². The Balaban J connectivity index is 2.00. The number of hydrogen-bond acceptors (Lipinski definition) is 10. The van der Waals surface area contributed by atoms with E-state index in [-0.39, 0.29) is 6.61 Å². The maximum Gasteiger partial charge on any atom is 0.187 e. The van der Waals surface area contributed by atoms with E-state index in [2.05, 4.69) is 0 Å². The van der Waals surface area contributed by atoms with Gasteiger partial charge in [-0.1, -0.05) is 0 Å². The van der Waals surface area contributed by atoms with Gasteiger partial charge < -0.3 is 50.0 Å². The maximum atomic E-state index is 9.93. The molecular weight excluding hydrogens is 304 g/mol. The summed E-state index contributed by atoms with van der Waals surface area (Å²) in [5, 5.41) is 66.9. The van der Waals surface area contributed by atoms with E-state index in [0.29, 0.717) is 0 Å². The molecule has 2 aliphatic heterocycles. The van der Waals surface area contributed by atoms with Crippen LogP contribution in [0.3, 0.4) is 0 Å². The predicted octanol–water partition coefficient (Wildman–Crippen LogP) is -4.72. The van der Waals surface area contributed by atoms with Gasteiger partial charge in [-0.3, -0.25) is 0 Å². The Morgan fingerprint density at radius 2 is 1.36 bits per heavy atom. The van der Waals surface area contributed by atoms with Gasteiger partial charge in [0.2, 0.25) is 0 Å². The zero-order valence-electron chi connectivity index (χ0n) is 11.7. The average molecular weight is 326 g/mol. The summed E-state index contributed by atoms with van der Waals surface area (Å²) in [5.74, 6) is 0. The molecule has 2 rings (SSSR count). The van der Waals surface area contributed by atoms with Gasteiger partial charge in [-0.2, -0.15) is 0 Å². The van der Waals surface area contributed by atoms with Gasteiger partial charge in [0.15, 0.2) is 6.29 Å². The third-order valence-corrected chi connectivity index (χ3v) is 3.92. The molecule has 10 heteroatoms. The molecule has 0 amide bonds. The highest BCUT2D eigenvalue weighted by Crippen LogP contribution is 2.26. The van der Waals surface area contributed by atoms with Crippen molar-refractivity contribution in [3.63, 3.8) is 0 Å². The number of aliphatic hydroxyl groups excluding tert-OH is 7. The van der Waals surface area contributed by atoms with Gasteiger partial charge in [0.25, 0.3) is 0 Å². The quantitative estimate of drug-likeness (QED) is 0.266. The molecule has 0 bridgehead atoms. The van der Waals surface area contributed by atoms with Crippen LogP contribution < -0.4 is 0 Å². The van der Waals surface area contributed by atoms with Crippen molar-refractivity contribution in [2.45, 2.75) is 55.1 Å². The summed E-state index contributed by atoms with van der Waals surface area (Å²) in [7, 11) is 0. The van der Waals surface area contributed by atoms with Crippen LogP contribution in [0.5, 0.6) is 0 Å². The molecule has 2 fully saturated rings. The van der Waals surface area contributed by atoms with Crippen molar-refractivity contribution in [1.82, 2.24) is 0 Å². The van der Waals surface area contributed by atoms with E-state index in [0.717, 1.165) is 0 Å². The first-order chi connectivity index (χ1) is 10.4. The van der Waals surface area contributed by atoms with Crippen LogP contribution in [0.4, 0.5) is 0 Å². The summed E-state index contributed by atoms with van der Waals surface area (Å²) >= 11 is 0. The Labute approximate surface area is 126 Å². The zero-order valence-corrected chi connectivity index (χ0v) is 11.7. The normalized spacial score (nSPS) is 50.0. The molecule has 2 saturated heterocycles. The van der Waals surface area contributed by atoms with Crippen molar-refractivity contribution < 1.29 is 50.0 Å². The molecule has 0 aromatic carbocycles. The first kappa shape index (κ1) is 17.9. The molecule has 7 N–H and O–H groups in total. The van der Waals surface area contributed by atoms with Crippen LogP contribution in [0, 0.1) is 0 Å². The van der Waals surface area contributed by atoms with Crippen LogP contribution in [0.1, 0.15) is 0 Å². The fourth-order valence-corrected chi connectivity index (χ4v) is 2.49. The molecule has 2 heterocycles. The topological polar surface area (TPSA) is 169 Å². The number of aliphatic hydroxyl groups is 7. The molecule has 10 nitrogen and oxygen atoms in total. The van der Waals surface area contributed by atoms with Gasteiger partial charge in [-0.15, -0.1) is 0 Å². The smallest absolute Gasteiger partial charge is 0.187 e. The van der Waals surface area contributed by atoms with Crippen LogP contribution in [-0.4, -0.2) is 111 Å². The predicted molar refractivity (Wildman–Crippen MR) is 67.5 cm³/mol. The van der Waals surface area contributed by atoms with E-state index in [9.17, 15) is 25.5 Å². The zero-order chi connectivity index (χ0) is 16.4. The Bertz CT molecular complexity index is 353. The van der Waals surface area contributed by atoms with Crippen LogP contribution in [0.15, 0.2) is 0 Å². The van der Waals surface area contributed by atoms with E-state index in [1.807, 2.05) is 0 Å².